The minimum Gasteiger partial charge on any atom is -0.234 e. The third-order valence-electron chi connectivity index (χ3n) is 0.263. The molecule has 0 amide bonds. The molecule has 0 aromatic heterocycles. The van der Waals surface area contributed by atoms with E-state index >= 15 is 0 Å². The Hall–Kier alpha value is -0.660. The van der Waals surface area contributed by atoms with Gasteiger partial charge in [-0.3, -0.25) is 0 Å². The van der Waals surface area contributed by atoms with Crippen LogP contribution in [0.4, 0.5) is 4.48 Å². The molecular weight excluding hydrogens is 85.0 g/mol. The zero-order valence-electron chi connectivity index (χ0n) is 3.07. The molecule has 0 heterocycles. The minimum atomic E-state index is -0.0521. The molecule has 0 aliphatic rings. The fourth-order valence-electron chi connectivity index (χ4n) is 0.0802. The Kier molecular flexibility index (Phi) is 3.86. The van der Waals surface area contributed by atoms with E-state index in [1.807, 2.05) is 0 Å². The van der Waals surface area contributed by atoms with Crippen LogP contribution in [0.25, 0.3) is 0 Å². The zero-order valence-corrected chi connectivity index (χ0v) is 3.07. The largest absolute Gasteiger partial charge is 0.234 e. The molecular formula is C3H4FNO. The monoisotopic (exact) mass is 89.0 g/mol. The Bertz CT molecular complexity index is 67.2. The van der Waals surface area contributed by atoms with Gasteiger partial charge in [-0.15, -0.1) is 4.48 Å². The molecule has 0 saturated heterocycles. The van der Waals surface area contributed by atoms with Crippen molar-refractivity contribution < 1.29 is 9.28 Å². The van der Waals surface area contributed by atoms with Crippen LogP contribution in [-0.2, 0) is 4.79 Å². The van der Waals surface area contributed by atoms with E-state index < -0.39 is 0 Å². The number of carbonyl (C=O) groups excluding carboxylic acids is 1. The topological polar surface area (TPSA) is 29.1 Å². The summed E-state index contributed by atoms with van der Waals surface area (Å²) in [6.07, 6.45) is 1.01. The molecule has 0 fully saturated rings. The molecule has 0 aliphatic heterocycles. The molecule has 0 aromatic rings. The lowest BCUT2D eigenvalue weighted by Gasteiger charge is -1.72. The third kappa shape index (κ3) is 3.34. The van der Waals surface area contributed by atoms with Gasteiger partial charge < -0.3 is 0 Å². The smallest absolute Gasteiger partial charge is 0.121 e. The van der Waals surface area contributed by atoms with Gasteiger partial charge in [-0.1, -0.05) is 0 Å². The highest BCUT2D eigenvalue weighted by molar-refractivity contribution is 5.44. The molecule has 0 bridgehead atoms. The highest BCUT2D eigenvalue weighted by atomic mass is 19.2. The molecule has 0 radical (unpaired) electrons. The molecule has 0 atom stereocenters. The van der Waals surface area contributed by atoms with Gasteiger partial charge in [0.05, 0.1) is 6.54 Å². The number of nitrogens with one attached hydrogen (secondary N) is 1. The number of rotatable bonds is 2. The van der Waals surface area contributed by atoms with E-state index in [0.29, 0.717) is 0 Å². The summed E-state index contributed by atoms with van der Waals surface area (Å²) >= 11 is 0. The van der Waals surface area contributed by atoms with Crippen molar-refractivity contribution >= 4 is 5.94 Å². The molecule has 6 heavy (non-hydrogen) atoms. The maximum absolute atomic E-state index is 10.7. The first-order valence-electron chi connectivity index (χ1n) is 1.44. The van der Waals surface area contributed by atoms with Crippen LogP contribution in [-0.4, -0.2) is 12.5 Å². The van der Waals surface area contributed by atoms with Crippen LogP contribution in [0, 0.1) is 0 Å². The van der Waals surface area contributed by atoms with E-state index in [1.54, 1.807) is 0 Å². The van der Waals surface area contributed by atoms with Crippen molar-refractivity contribution in [2.75, 3.05) is 6.54 Å². The van der Waals surface area contributed by atoms with Crippen molar-refractivity contribution in [3.63, 3.8) is 0 Å². The van der Waals surface area contributed by atoms with E-state index in [2.05, 4.69) is 0 Å². The Morgan fingerprint density at radius 3 is 2.83 bits per heavy atom. The standard InChI is InChI=1S/C3H4FNO/c4-5-2-1-3-6/h1,5H,2H2. The maximum atomic E-state index is 10.7. The summed E-state index contributed by atoms with van der Waals surface area (Å²) in [4.78, 5) is 9.18. The molecule has 1 N–H and O–H groups in total. The summed E-state index contributed by atoms with van der Waals surface area (Å²) in [5.74, 6) is 1.39. The molecule has 2 nitrogen and oxygen atoms in total. The van der Waals surface area contributed by atoms with Gasteiger partial charge in [-0.2, -0.15) is 5.54 Å². The summed E-state index contributed by atoms with van der Waals surface area (Å²) in [5, 5.41) is 0. The molecule has 0 aromatic carbocycles. The Balaban J connectivity index is 2.86. The van der Waals surface area contributed by atoms with Crippen molar-refractivity contribution in [3.8, 4) is 0 Å². The van der Waals surface area contributed by atoms with Crippen LogP contribution in [0.1, 0.15) is 0 Å². The SMILES string of the molecule is O=C=CCNF. The summed E-state index contributed by atoms with van der Waals surface area (Å²) in [6, 6.07) is 0. The van der Waals surface area contributed by atoms with Gasteiger partial charge in [0.1, 0.15) is 5.94 Å². The van der Waals surface area contributed by atoms with Crippen LogP contribution in [0.3, 0.4) is 0 Å². The minimum absolute atomic E-state index is 0.0521. The average Bonchev–Trinajstić information content (AvgIpc) is 1.61. The Morgan fingerprint density at radius 2 is 2.67 bits per heavy atom. The maximum Gasteiger partial charge on any atom is 0.121 e. The Morgan fingerprint density at radius 1 is 2.00 bits per heavy atom. The first kappa shape index (κ1) is 5.34. The molecule has 0 aliphatic carbocycles. The second-order valence-corrected chi connectivity index (χ2v) is 0.660. The Labute approximate surface area is 34.6 Å². The van der Waals surface area contributed by atoms with Crippen LogP contribution in [0.5, 0.6) is 0 Å². The lowest BCUT2D eigenvalue weighted by molar-refractivity contribution is 0.357. The van der Waals surface area contributed by atoms with Gasteiger partial charge in [0.15, 0.2) is 0 Å². The normalized spacial score (nSPS) is 6.83. The van der Waals surface area contributed by atoms with Gasteiger partial charge >= 0.3 is 0 Å². The van der Waals surface area contributed by atoms with Gasteiger partial charge in [-0.25, -0.2) is 4.79 Å². The molecule has 34 valence electrons. The van der Waals surface area contributed by atoms with E-state index in [4.69, 9.17) is 0 Å². The van der Waals surface area contributed by atoms with Gasteiger partial charge in [0, 0.05) is 6.08 Å². The van der Waals surface area contributed by atoms with Gasteiger partial charge in [-0.05, 0) is 0 Å². The van der Waals surface area contributed by atoms with Crippen LogP contribution >= 0.6 is 0 Å². The fourth-order valence-corrected chi connectivity index (χ4v) is 0.0802. The van der Waals surface area contributed by atoms with E-state index in [0.717, 1.165) is 6.08 Å². The first-order valence-corrected chi connectivity index (χ1v) is 1.44. The van der Waals surface area contributed by atoms with E-state index in [9.17, 15) is 9.28 Å². The highest BCUT2D eigenvalue weighted by Gasteiger charge is 1.66. The third-order valence-corrected chi connectivity index (χ3v) is 0.263. The van der Waals surface area contributed by atoms with Crippen molar-refractivity contribution in [1.29, 1.82) is 0 Å². The second kappa shape index (κ2) is 4.34. The lowest BCUT2D eigenvalue weighted by atomic mass is 10.7. The van der Waals surface area contributed by atoms with Gasteiger partial charge in [0.2, 0.25) is 0 Å². The van der Waals surface area contributed by atoms with Crippen molar-refractivity contribution in [3.05, 3.63) is 6.08 Å². The van der Waals surface area contributed by atoms with Crippen LogP contribution < -0.4 is 5.54 Å². The number of hydrogen-bond acceptors (Lipinski definition) is 2. The van der Waals surface area contributed by atoms with E-state index in [1.165, 1.54) is 11.5 Å². The summed E-state index contributed by atoms with van der Waals surface area (Å²) in [7, 11) is 0. The number of hydrogen-bond donors (Lipinski definition) is 1. The van der Waals surface area contributed by atoms with Crippen molar-refractivity contribution in [2.24, 2.45) is 0 Å². The number of halogens is 1. The van der Waals surface area contributed by atoms with E-state index in [-0.39, 0.29) is 6.54 Å². The summed E-state index contributed by atoms with van der Waals surface area (Å²) in [5.41, 5.74) is 1.25. The second-order valence-electron chi connectivity index (χ2n) is 0.660. The van der Waals surface area contributed by atoms with Crippen LogP contribution in [0.15, 0.2) is 6.08 Å². The predicted octanol–water partition coefficient (Wildman–Crippen LogP) is -0.152. The zero-order chi connectivity index (χ0) is 4.83. The molecule has 0 spiro atoms. The molecule has 0 rings (SSSR count). The fraction of sp³-hybridized carbons (Fsp3) is 0.333. The first-order chi connectivity index (χ1) is 2.91. The van der Waals surface area contributed by atoms with Crippen molar-refractivity contribution in [1.82, 2.24) is 5.54 Å². The summed E-state index contributed by atoms with van der Waals surface area (Å²) < 4.78 is 10.7. The summed E-state index contributed by atoms with van der Waals surface area (Å²) in [6.45, 7) is -0.0521. The highest BCUT2D eigenvalue weighted by Crippen LogP contribution is 1.52. The molecule has 0 saturated carbocycles. The molecule has 3 heteroatoms. The average molecular weight is 89.1 g/mol. The lowest BCUT2D eigenvalue weighted by Crippen LogP contribution is -1.96. The quantitative estimate of drug-likeness (QED) is 0.376. The predicted molar refractivity (Wildman–Crippen MR) is 19.4 cm³/mol. The van der Waals surface area contributed by atoms with Gasteiger partial charge in [0.25, 0.3) is 0 Å². The van der Waals surface area contributed by atoms with Crippen molar-refractivity contribution in [2.45, 2.75) is 0 Å². The van der Waals surface area contributed by atoms with Crippen LogP contribution in [0.2, 0.25) is 0 Å². The molecule has 0 unspecified atom stereocenters.